The molecule has 2 aliphatic rings. The van der Waals surface area contributed by atoms with Gasteiger partial charge in [0.2, 0.25) is 11.8 Å². The molecule has 4 nitrogen and oxygen atoms in total. The first kappa shape index (κ1) is 15.6. The van der Waals surface area contributed by atoms with E-state index in [-0.39, 0.29) is 24.1 Å². The average molecular weight is 320 g/mol. The number of nitrogens with zero attached hydrogens (tertiary/aromatic N) is 1. The Balaban J connectivity index is 1.64. The first-order valence-electron chi connectivity index (χ1n) is 7.77. The van der Waals surface area contributed by atoms with Gasteiger partial charge in [-0.3, -0.25) is 9.59 Å². The molecule has 6 heteroatoms. The normalized spacial score (nSPS) is 23.6. The lowest BCUT2D eigenvalue weighted by atomic mass is 10.0. The molecule has 1 saturated heterocycles. The number of hydrogen-bond acceptors (Lipinski definition) is 2. The molecule has 1 aromatic carbocycles. The van der Waals surface area contributed by atoms with Crippen LogP contribution in [0.4, 0.5) is 14.5 Å². The minimum atomic E-state index is -0.776. The van der Waals surface area contributed by atoms with Gasteiger partial charge in [-0.1, -0.05) is 18.2 Å². The summed E-state index contributed by atoms with van der Waals surface area (Å²) in [5.74, 6) is -2.01. The summed E-state index contributed by atoms with van der Waals surface area (Å²) in [5.41, 5.74) is -0.340. The Morgan fingerprint density at radius 3 is 2.65 bits per heavy atom. The Morgan fingerprint density at radius 2 is 2.00 bits per heavy atom. The molecular formula is C17H18F2N2O2. The summed E-state index contributed by atoms with van der Waals surface area (Å²) in [6.07, 6.45) is 6.66. The lowest BCUT2D eigenvalue weighted by molar-refractivity contribution is -0.126. The first-order chi connectivity index (χ1) is 11.1. The van der Waals surface area contributed by atoms with Crippen molar-refractivity contribution >= 4 is 17.5 Å². The van der Waals surface area contributed by atoms with E-state index in [1.165, 1.54) is 6.07 Å². The molecule has 2 unspecified atom stereocenters. The molecule has 122 valence electrons. The smallest absolute Gasteiger partial charge is 0.249 e. The second kappa shape index (κ2) is 6.48. The summed E-state index contributed by atoms with van der Waals surface area (Å²) < 4.78 is 27.6. The van der Waals surface area contributed by atoms with Crippen LogP contribution in [0.15, 0.2) is 30.4 Å². The Morgan fingerprint density at radius 1 is 1.26 bits per heavy atom. The van der Waals surface area contributed by atoms with E-state index < -0.39 is 23.6 Å². The zero-order valence-corrected chi connectivity index (χ0v) is 12.6. The first-order valence-corrected chi connectivity index (χ1v) is 7.77. The fraction of sp³-hybridized carbons (Fsp3) is 0.412. The number of allylic oxidation sites excluding steroid dienone is 2. The predicted molar refractivity (Wildman–Crippen MR) is 81.7 cm³/mol. The zero-order chi connectivity index (χ0) is 16.4. The minimum Gasteiger partial charge on any atom is -0.344 e. The molecule has 1 aliphatic carbocycles. The number of anilines is 1. The summed E-state index contributed by atoms with van der Waals surface area (Å²) in [7, 11) is 0. The largest absolute Gasteiger partial charge is 0.344 e. The van der Waals surface area contributed by atoms with E-state index in [1.807, 2.05) is 12.2 Å². The molecule has 1 aliphatic heterocycles. The highest BCUT2D eigenvalue weighted by Gasteiger charge is 2.36. The van der Waals surface area contributed by atoms with Crippen molar-refractivity contribution in [1.82, 2.24) is 5.32 Å². The fourth-order valence-corrected chi connectivity index (χ4v) is 3.14. The third kappa shape index (κ3) is 3.25. The van der Waals surface area contributed by atoms with Gasteiger partial charge in [0.15, 0.2) is 0 Å². The monoisotopic (exact) mass is 320 g/mol. The number of carbonyl (C=O) groups excluding carboxylic acids is 2. The fourth-order valence-electron chi connectivity index (χ4n) is 3.14. The third-order valence-electron chi connectivity index (χ3n) is 4.31. The number of hydrogen-bond donors (Lipinski definition) is 1. The SMILES string of the molecule is O=C(CC1C=CCC1)NC1CCN(c2c(F)cccc2F)C1=O. The third-order valence-corrected chi connectivity index (χ3v) is 4.31. The van der Waals surface area contributed by atoms with Crippen molar-refractivity contribution in [1.29, 1.82) is 0 Å². The van der Waals surface area contributed by atoms with Gasteiger partial charge in [0.1, 0.15) is 23.4 Å². The summed E-state index contributed by atoms with van der Waals surface area (Å²) in [6.45, 7) is 0.185. The van der Waals surface area contributed by atoms with Crippen LogP contribution in [0.5, 0.6) is 0 Å². The van der Waals surface area contributed by atoms with Crippen molar-refractivity contribution in [2.75, 3.05) is 11.4 Å². The van der Waals surface area contributed by atoms with Crippen molar-refractivity contribution in [3.63, 3.8) is 0 Å². The number of nitrogens with one attached hydrogen (secondary N) is 1. The molecule has 1 N–H and O–H groups in total. The van der Waals surface area contributed by atoms with Crippen molar-refractivity contribution in [2.45, 2.75) is 31.7 Å². The number of benzene rings is 1. The Hall–Kier alpha value is -2.24. The Kier molecular flexibility index (Phi) is 4.41. The maximum Gasteiger partial charge on any atom is 0.249 e. The van der Waals surface area contributed by atoms with Crippen LogP contribution in [0.3, 0.4) is 0 Å². The van der Waals surface area contributed by atoms with Crippen molar-refractivity contribution in [2.24, 2.45) is 5.92 Å². The summed E-state index contributed by atoms with van der Waals surface area (Å²) in [5, 5.41) is 2.69. The highest BCUT2D eigenvalue weighted by atomic mass is 19.1. The van der Waals surface area contributed by atoms with Gasteiger partial charge in [-0.05, 0) is 37.3 Å². The topological polar surface area (TPSA) is 49.4 Å². The highest BCUT2D eigenvalue weighted by Crippen LogP contribution is 2.28. The average Bonchev–Trinajstić information content (AvgIpc) is 3.12. The van der Waals surface area contributed by atoms with Gasteiger partial charge in [0.05, 0.1) is 0 Å². The van der Waals surface area contributed by atoms with E-state index in [4.69, 9.17) is 0 Å². The summed E-state index contributed by atoms with van der Waals surface area (Å²) in [4.78, 5) is 25.4. The second-order valence-corrected chi connectivity index (χ2v) is 5.94. The molecule has 0 aromatic heterocycles. The van der Waals surface area contributed by atoms with Crippen molar-refractivity contribution in [3.8, 4) is 0 Å². The second-order valence-electron chi connectivity index (χ2n) is 5.94. The van der Waals surface area contributed by atoms with E-state index in [0.29, 0.717) is 12.8 Å². The molecule has 0 saturated carbocycles. The standard InChI is InChI=1S/C17H18F2N2O2/c18-12-6-3-7-13(19)16(12)21-9-8-14(17(21)23)20-15(22)10-11-4-1-2-5-11/h1,3-4,6-7,11,14H,2,5,8-10H2,(H,20,22). The van der Waals surface area contributed by atoms with Crippen molar-refractivity contribution in [3.05, 3.63) is 42.0 Å². The van der Waals surface area contributed by atoms with Crippen LogP contribution in [0.25, 0.3) is 0 Å². The molecule has 0 radical (unpaired) electrons. The van der Waals surface area contributed by atoms with Crippen molar-refractivity contribution < 1.29 is 18.4 Å². The molecule has 3 rings (SSSR count). The van der Waals surface area contributed by atoms with E-state index in [1.54, 1.807) is 0 Å². The summed E-state index contributed by atoms with van der Waals surface area (Å²) >= 11 is 0. The molecule has 0 bridgehead atoms. The van der Waals surface area contributed by atoms with Gasteiger partial charge in [0.25, 0.3) is 0 Å². The quantitative estimate of drug-likeness (QED) is 0.867. The molecular weight excluding hydrogens is 302 g/mol. The highest BCUT2D eigenvalue weighted by molar-refractivity contribution is 6.01. The van der Waals surface area contributed by atoms with Crippen LogP contribution in [0.1, 0.15) is 25.7 Å². The van der Waals surface area contributed by atoms with E-state index in [9.17, 15) is 18.4 Å². The van der Waals surface area contributed by atoms with Crippen LogP contribution >= 0.6 is 0 Å². The van der Waals surface area contributed by atoms with E-state index in [0.717, 1.165) is 29.9 Å². The van der Waals surface area contributed by atoms with Gasteiger partial charge in [-0.2, -0.15) is 0 Å². The molecule has 1 heterocycles. The molecule has 1 aromatic rings. The molecule has 2 atom stereocenters. The van der Waals surface area contributed by atoms with Gasteiger partial charge in [0, 0.05) is 13.0 Å². The number of rotatable bonds is 4. The summed E-state index contributed by atoms with van der Waals surface area (Å²) in [6, 6.07) is 2.77. The molecule has 0 spiro atoms. The van der Waals surface area contributed by atoms with Crippen LogP contribution in [-0.4, -0.2) is 24.4 Å². The molecule has 2 amide bonds. The van der Waals surface area contributed by atoms with E-state index >= 15 is 0 Å². The number of para-hydroxylation sites is 1. The van der Waals surface area contributed by atoms with Crippen LogP contribution in [0, 0.1) is 17.6 Å². The van der Waals surface area contributed by atoms with Gasteiger partial charge in [-0.15, -0.1) is 0 Å². The zero-order valence-electron chi connectivity index (χ0n) is 12.6. The molecule has 23 heavy (non-hydrogen) atoms. The van der Waals surface area contributed by atoms with Crippen LogP contribution < -0.4 is 10.2 Å². The lowest BCUT2D eigenvalue weighted by Crippen LogP contribution is -2.42. The van der Waals surface area contributed by atoms with Gasteiger partial charge >= 0.3 is 0 Å². The molecule has 1 fully saturated rings. The number of carbonyl (C=O) groups is 2. The minimum absolute atomic E-state index is 0.185. The predicted octanol–water partition coefficient (Wildman–Crippen LogP) is 2.54. The van der Waals surface area contributed by atoms with Crippen LogP contribution in [0.2, 0.25) is 0 Å². The van der Waals surface area contributed by atoms with Gasteiger partial charge in [-0.25, -0.2) is 8.78 Å². The van der Waals surface area contributed by atoms with Gasteiger partial charge < -0.3 is 10.2 Å². The maximum atomic E-state index is 13.8. The van der Waals surface area contributed by atoms with Crippen LogP contribution in [-0.2, 0) is 9.59 Å². The number of amides is 2. The number of halogens is 2. The Bertz CT molecular complexity index is 640. The van der Waals surface area contributed by atoms with E-state index in [2.05, 4.69) is 5.32 Å². The Labute approximate surface area is 133 Å². The lowest BCUT2D eigenvalue weighted by Gasteiger charge is -2.18. The maximum absolute atomic E-state index is 13.8.